The van der Waals surface area contributed by atoms with E-state index in [2.05, 4.69) is 20.6 Å². The van der Waals surface area contributed by atoms with Crippen LogP contribution < -0.4 is 5.32 Å². The lowest BCUT2D eigenvalue weighted by molar-refractivity contribution is 0.0942. The molecule has 0 bridgehead atoms. The Morgan fingerprint density at radius 1 is 1.31 bits per heavy atom. The quantitative estimate of drug-likeness (QED) is 0.587. The average molecular weight is 365 g/mol. The third-order valence-electron chi connectivity index (χ3n) is 3.87. The molecule has 0 fully saturated rings. The molecule has 130 valence electrons. The third kappa shape index (κ3) is 3.27. The van der Waals surface area contributed by atoms with Gasteiger partial charge in [0.05, 0.1) is 10.6 Å². The number of hydrogen-bond donors (Lipinski definition) is 1. The zero-order valence-electron chi connectivity index (χ0n) is 13.9. The SMILES string of the molecule is Cn1nccc1-c1cncc(CNC(=O)c2cc(-c3cccs3)on2)c1. The van der Waals surface area contributed by atoms with E-state index in [1.54, 1.807) is 29.3 Å². The minimum absolute atomic E-state index is 0.254. The highest BCUT2D eigenvalue weighted by Gasteiger charge is 2.14. The van der Waals surface area contributed by atoms with E-state index in [0.29, 0.717) is 12.3 Å². The molecule has 4 rings (SSSR count). The summed E-state index contributed by atoms with van der Waals surface area (Å²) in [5.74, 6) is 0.299. The molecule has 0 saturated heterocycles. The van der Waals surface area contributed by atoms with Crippen molar-refractivity contribution in [1.82, 2.24) is 25.2 Å². The van der Waals surface area contributed by atoms with Crippen molar-refractivity contribution in [2.45, 2.75) is 6.54 Å². The summed E-state index contributed by atoms with van der Waals surface area (Å²) in [7, 11) is 1.87. The van der Waals surface area contributed by atoms with E-state index in [4.69, 9.17) is 4.52 Å². The second-order valence-corrected chi connectivity index (χ2v) is 6.61. The minimum Gasteiger partial charge on any atom is -0.355 e. The van der Waals surface area contributed by atoms with E-state index in [0.717, 1.165) is 21.7 Å². The number of thiophene rings is 1. The van der Waals surface area contributed by atoms with Gasteiger partial charge in [0.25, 0.3) is 5.91 Å². The first-order valence-corrected chi connectivity index (χ1v) is 8.80. The number of nitrogens with one attached hydrogen (secondary N) is 1. The van der Waals surface area contributed by atoms with Gasteiger partial charge >= 0.3 is 0 Å². The summed E-state index contributed by atoms with van der Waals surface area (Å²) < 4.78 is 7.02. The van der Waals surface area contributed by atoms with Crippen LogP contribution in [0.3, 0.4) is 0 Å². The topological polar surface area (TPSA) is 85.8 Å². The summed E-state index contributed by atoms with van der Waals surface area (Å²) in [6, 6.07) is 9.38. The van der Waals surface area contributed by atoms with Crippen LogP contribution in [0, 0.1) is 0 Å². The Balaban J connectivity index is 1.44. The molecule has 0 aliphatic carbocycles. The van der Waals surface area contributed by atoms with Gasteiger partial charge in [0.15, 0.2) is 11.5 Å². The Morgan fingerprint density at radius 2 is 2.23 bits per heavy atom. The zero-order valence-corrected chi connectivity index (χ0v) is 14.7. The van der Waals surface area contributed by atoms with Gasteiger partial charge in [-0.15, -0.1) is 11.3 Å². The summed E-state index contributed by atoms with van der Waals surface area (Å²) >= 11 is 1.53. The summed E-state index contributed by atoms with van der Waals surface area (Å²) in [4.78, 5) is 17.5. The van der Waals surface area contributed by atoms with Gasteiger partial charge in [0.1, 0.15) is 0 Å². The number of aryl methyl sites for hydroxylation is 1. The fourth-order valence-corrected chi connectivity index (χ4v) is 3.24. The molecule has 0 atom stereocenters. The Bertz CT molecular complexity index is 1040. The Kier molecular flexibility index (Phi) is 4.32. The molecule has 0 unspecified atom stereocenters. The number of amides is 1. The first kappa shape index (κ1) is 16.2. The standard InChI is InChI=1S/C18H15N5O2S/c1-23-15(4-5-21-23)13-7-12(9-19-11-13)10-20-18(24)14-8-16(25-22-14)17-3-2-6-26-17/h2-9,11H,10H2,1H3,(H,20,24). The van der Waals surface area contributed by atoms with Crippen LogP contribution in [0.1, 0.15) is 16.1 Å². The second kappa shape index (κ2) is 6.93. The van der Waals surface area contributed by atoms with Crippen molar-refractivity contribution in [3.8, 4) is 21.9 Å². The average Bonchev–Trinajstić information content (AvgIpc) is 3.40. The molecule has 0 saturated carbocycles. The predicted molar refractivity (Wildman–Crippen MR) is 97.4 cm³/mol. The molecule has 0 radical (unpaired) electrons. The van der Waals surface area contributed by atoms with E-state index >= 15 is 0 Å². The van der Waals surface area contributed by atoms with Crippen LogP contribution in [0.15, 0.2) is 58.8 Å². The summed E-state index contributed by atoms with van der Waals surface area (Å²) in [5.41, 5.74) is 3.05. The number of carbonyl (C=O) groups excluding carboxylic acids is 1. The van der Waals surface area contributed by atoms with Crippen molar-refractivity contribution in [2.24, 2.45) is 7.05 Å². The minimum atomic E-state index is -0.289. The van der Waals surface area contributed by atoms with Crippen LogP contribution in [0.25, 0.3) is 21.9 Å². The monoisotopic (exact) mass is 365 g/mol. The maximum atomic E-state index is 12.3. The van der Waals surface area contributed by atoms with Crippen LogP contribution in [-0.2, 0) is 13.6 Å². The van der Waals surface area contributed by atoms with Gasteiger partial charge in [-0.25, -0.2) is 0 Å². The molecule has 1 amide bonds. The molecule has 7 nitrogen and oxygen atoms in total. The molecule has 4 aromatic rings. The highest BCUT2D eigenvalue weighted by atomic mass is 32.1. The number of aromatic nitrogens is 4. The molecule has 0 spiro atoms. The Labute approximate surface area is 153 Å². The van der Waals surface area contributed by atoms with Gasteiger partial charge in [-0.05, 0) is 29.1 Å². The van der Waals surface area contributed by atoms with Crippen LogP contribution >= 0.6 is 11.3 Å². The molecule has 1 N–H and O–H groups in total. The van der Waals surface area contributed by atoms with Crippen molar-refractivity contribution in [3.63, 3.8) is 0 Å². The number of carbonyl (C=O) groups is 1. The number of pyridine rings is 1. The number of rotatable bonds is 5. The van der Waals surface area contributed by atoms with Crippen LogP contribution in [0.2, 0.25) is 0 Å². The lowest BCUT2D eigenvalue weighted by atomic mass is 10.1. The van der Waals surface area contributed by atoms with Gasteiger partial charge < -0.3 is 9.84 Å². The van der Waals surface area contributed by atoms with E-state index in [9.17, 15) is 4.79 Å². The molecule has 8 heteroatoms. The van der Waals surface area contributed by atoms with Crippen LogP contribution in [-0.4, -0.2) is 25.8 Å². The molecule has 4 heterocycles. The third-order valence-corrected chi connectivity index (χ3v) is 4.76. The molecule has 0 aliphatic rings. The van der Waals surface area contributed by atoms with Gasteiger partial charge in [0, 0.05) is 43.8 Å². The number of hydrogen-bond acceptors (Lipinski definition) is 6. The van der Waals surface area contributed by atoms with Crippen molar-refractivity contribution >= 4 is 17.2 Å². The molecule has 0 aliphatic heterocycles. The smallest absolute Gasteiger partial charge is 0.273 e. The fourth-order valence-electron chi connectivity index (χ4n) is 2.57. The maximum absolute atomic E-state index is 12.3. The Hall–Kier alpha value is -3.26. The summed E-state index contributed by atoms with van der Waals surface area (Å²) in [5, 5.41) is 12.8. The van der Waals surface area contributed by atoms with E-state index in [-0.39, 0.29) is 11.6 Å². The van der Waals surface area contributed by atoms with E-state index in [1.165, 1.54) is 11.3 Å². The van der Waals surface area contributed by atoms with Gasteiger partial charge in [0.2, 0.25) is 0 Å². The van der Waals surface area contributed by atoms with Crippen LogP contribution in [0.4, 0.5) is 0 Å². The molecular weight excluding hydrogens is 350 g/mol. The summed E-state index contributed by atoms with van der Waals surface area (Å²) in [6.07, 6.45) is 5.23. The first-order chi connectivity index (χ1) is 12.7. The maximum Gasteiger partial charge on any atom is 0.273 e. The fraction of sp³-hybridized carbons (Fsp3) is 0.111. The number of nitrogens with zero attached hydrogens (tertiary/aromatic N) is 4. The predicted octanol–water partition coefficient (Wildman–Crippen LogP) is 3.13. The van der Waals surface area contributed by atoms with Crippen LogP contribution in [0.5, 0.6) is 0 Å². The largest absolute Gasteiger partial charge is 0.355 e. The van der Waals surface area contributed by atoms with Crippen molar-refractivity contribution in [3.05, 3.63) is 65.6 Å². The summed E-state index contributed by atoms with van der Waals surface area (Å²) in [6.45, 7) is 0.346. The lowest BCUT2D eigenvalue weighted by Gasteiger charge is -2.06. The highest BCUT2D eigenvalue weighted by Crippen LogP contribution is 2.25. The van der Waals surface area contributed by atoms with Gasteiger partial charge in [-0.3, -0.25) is 14.5 Å². The van der Waals surface area contributed by atoms with E-state index < -0.39 is 0 Å². The second-order valence-electron chi connectivity index (χ2n) is 5.66. The molecular formula is C18H15N5O2S. The van der Waals surface area contributed by atoms with Crippen molar-refractivity contribution in [1.29, 1.82) is 0 Å². The lowest BCUT2D eigenvalue weighted by Crippen LogP contribution is -2.23. The van der Waals surface area contributed by atoms with E-state index in [1.807, 2.05) is 36.7 Å². The first-order valence-electron chi connectivity index (χ1n) is 7.92. The van der Waals surface area contributed by atoms with Gasteiger partial charge in [-0.2, -0.15) is 5.10 Å². The normalized spacial score (nSPS) is 10.8. The zero-order chi connectivity index (χ0) is 17.9. The highest BCUT2D eigenvalue weighted by molar-refractivity contribution is 7.13. The molecule has 0 aromatic carbocycles. The van der Waals surface area contributed by atoms with Crippen molar-refractivity contribution < 1.29 is 9.32 Å². The Morgan fingerprint density at radius 3 is 3.00 bits per heavy atom. The van der Waals surface area contributed by atoms with Crippen molar-refractivity contribution in [2.75, 3.05) is 0 Å². The molecule has 4 aromatic heterocycles. The molecule has 26 heavy (non-hydrogen) atoms. The van der Waals surface area contributed by atoms with Gasteiger partial charge in [-0.1, -0.05) is 11.2 Å².